The van der Waals surface area contributed by atoms with E-state index in [2.05, 4.69) is 10.1 Å². The molecule has 11 N–H and O–H groups in total. The van der Waals surface area contributed by atoms with Crippen LogP contribution in [-0.4, -0.2) is 87.7 Å². The Morgan fingerprint density at radius 2 is 1.65 bits per heavy atom. The molecule has 0 aromatic heterocycles. The van der Waals surface area contributed by atoms with Gasteiger partial charge in [-0.15, -0.1) is 0 Å². The summed E-state index contributed by atoms with van der Waals surface area (Å²) in [6, 6.07) is 5.52. The van der Waals surface area contributed by atoms with Crippen molar-refractivity contribution in [3.63, 3.8) is 0 Å². The van der Waals surface area contributed by atoms with Gasteiger partial charge in [0.2, 0.25) is 0 Å². The predicted molar refractivity (Wildman–Crippen MR) is 120 cm³/mol. The lowest BCUT2D eigenvalue weighted by molar-refractivity contribution is -0.163. The second-order valence-corrected chi connectivity index (χ2v) is 7.42. The third kappa shape index (κ3) is 12.9. The molecule has 13 nitrogen and oxygen atoms in total. The first-order valence-corrected chi connectivity index (χ1v) is 10.4. The Morgan fingerprint density at radius 1 is 1.06 bits per heavy atom. The Hall–Kier alpha value is -2.94. The summed E-state index contributed by atoms with van der Waals surface area (Å²) in [5.74, 6) is -3.74. The van der Waals surface area contributed by atoms with Crippen molar-refractivity contribution >= 4 is 23.9 Å². The molecule has 192 valence electrons. The van der Waals surface area contributed by atoms with Gasteiger partial charge in [-0.25, -0.2) is 9.59 Å². The molecule has 1 aromatic rings. The molecule has 1 saturated heterocycles. The van der Waals surface area contributed by atoms with Gasteiger partial charge >= 0.3 is 23.9 Å². The van der Waals surface area contributed by atoms with Crippen molar-refractivity contribution in [2.45, 2.75) is 56.5 Å². The molecule has 1 heterocycles. The summed E-state index contributed by atoms with van der Waals surface area (Å²) >= 11 is 0. The molecule has 0 radical (unpaired) electrons. The highest BCUT2D eigenvalue weighted by molar-refractivity contribution is 5.91. The molecule has 0 unspecified atom stereocenters. The topological polar surface area (TPSA) is 249 Å². The fourth-order valence-corrected chi connectivity index (χ4v) is 2.36. The van der Waals surface area contributed by atoms with Crippen LogP contribution >= 0.6 is 0 Å². The van der Waals surface area contributed by atoms with Crippen LogP contribution in [0.5, 0.6) is 0 Å². The lowest BCUT2D eigenvalue weighted by Crippen LogP contribution is -2.45. The van der Waals surface area contributed by atoms with Crippen LogP contribution in [0.4, 0.5) is 0 Å². The summed E-state index contributed by atoms with van der Waals surface area (Å²) in [6.45, 7) is 1.69. The average Bonchev–Trinajstić information content (AvgIpc) is 3.34. The van der Waals surface area contributed by atoms with Crippen LogP contribution in [0.3, 0.4) is 0 Å². The van der Waals surface area contributed by atoms with E-state index in [-0.39, 0.29) is 12.5 Å². The number of aliphatic hydroxyl groups is 2. The molecular formula is C21H34N4O9. The standard InChI is InChI=1S/C13H18N2O4.C5H9NO2.C3H7NO3/c1-8(16)11(15)13(18)19-12(17)10(14)7-9-5-3-2-4-6-9;7-5(8)4-2-1-3-6-4;4-2(1-5)3(6)7/h2-6,8,10-11,16H,7,14-15H2,1H3;4,6H,1-3H2,(H,7,8);2,5H,1,4H2,(H,6,7)/t8-,10+,11+;4-;2-/m100/s1. The van der Waals surface area contributed by atoms with Gasteiger partial charge in [-0.2, -0.15) is 0 Å². The number of nitrogens with one attached hydrogen (secondary N) is 1. The highest BCUT2D eigenvalue weighted by Gasteiger charge is 2.26. The summed E-state index contributed by atoms with van der Waals surface area (Å²) < 4.78 is 4.52. The first-order valence-electron chi connectivity index (χ1n) is 10.4. The van der Waals surface area contributed by atoms with Crippen LogP contribution in [0.25, 0.3) is 0 Å². The highest BCUT2D eigenvalue weighted by atomic mass is 16.6. The van der Waals surface area contributed by atoms with Crippen LogP contribution in [-0.2, 0) is 30.3 Å². The van der Waals surface area contributed by atoms with Crippen LogP contribution in [0, 0.1) is 0 Å². The molecule has 0 aliphatic carbocycles. The monoisotopic (exact) mass is 486 g/mol. The zero-order valence-electron chi connectivity index (χ0n) is 18.9. The molecule has 2 rings (SSSR count). The Kier molecular flexibility index (Phi) is 15.2. The fraction of sp³-hybridized carbons (Fsp3) is 0.524. The smallest absolute Gasteiger partial charge is 0.333 e. The van der Waals surface area contributed by atoms with E-state index in [0.717, 1.165) is 24.9 Å². The molecule has 1 aliphatic rings. The van der Waals surface area contributed by atoms with Gasteiger partial charge in [-0.1, -0.05) is 30.3 Å². The number of carboxylic acid groups (broad SMARTS) is 2. The number of hydrogen-bond acceptors (Lipinski definition) is 11. The molecule has 0 amide bonds. The minimum atomic E-state index is -1.26. The van der Waals surface area contributed by atoms with Crippen molar-refractivity contribution < 1.29 is 44.3 Å². The van der Waals surface area contributed by atoms with Crippen LogP contribution in [0.15, 0.2) is 30.3 Å². The lowest BCUT2D eigenvalue weighted by Gasteiger charge is -2.15. The molecule has 5 atom stereocenters. The molecule has 1 aliphatic heterocycles. The van der Waals surface area contributed by atoms with Crippen molar-refractivity contribution in [1.29, 1.82) is 0 Å². The highest BCUT2D eigenvalue weighted by Crippen LogP contribution is 2.04. The van der Waals surface area contributed by atoms with E-state index in [9.17, 15) is 19.2 Å². The van der Waals surface area contributed by atoms with Gasteiger partial charge in [0.05, 0.1) is 12.7 Å². The minimum Gasteiger partial charge on any atom is -0.480 e. The molecular weight excluding hydrogens is 452 g/mol. The number of ether oxygens (including phenoxy) is 1. The first kappa shape index (κ1) is 31.1. The summed E-state index contributed by atoms with van der Waals surface area (Å²) in [5.41, 5.74) is 16.6. The summed E-state index contributed by atoms with van der Waals surface area (Å²) in [5, 5.41) is 36.2. The third-order valence-electron chi connectivity index (χ3n) is 4.47. The molecule has 0 spiro atoms. The second-order valence-electron chi connectivity index (χ2n) is 7.42. The van der Waals surface area contributed by atoms with E-state index in [1.807, 2.05) is 30.3 Å². The van der Waals surface area contributed by atoms with Crippen molar-refractivity contribution in [1.82, 2.24) is 5.32 Å². The first-order chi connectivity index (χ1) is 15.9. The number of carbonyl (C=O) groups excluding carboxylic acids is 2. The number of aliphatic carboxylic acids is 2. The molecule has 34 heavy (non-hydrogen) atoms. The second kappa shape index (κ2) is 16.6. The van der Waals surface area contributed by atoms with E-state index >= 15 is 0 Å². The summed E-state index contributed by atoms with van der Waals surface area (Å²) in [7, 11) is 0. The Balaban J connectivity index is 0.000000593. The van der Waals surface area contributed by atoms with Crippen LogP contribution in [0.2, 0.25) is 0 Å². The Bertz CT molecular complexity index is 771. The lowest BCUT2D eigenvalue weighted by atomic mass is 10.1. The number of carbonyl (C=O) groups is 4. The molecule has 1 aromatic carbocycles. The summed E-state index contributed by atoms with van der Waals surface area (Å²) in [6.07, 6.45) is 0.953. The molecule has 0 bridgehead atoms. The number of nitrogens with two attached hydrogens (primary N) is 3. The predicted octanol–water partition coefficient (Wildman–Crippen LogP) is -2.45. The van der Waals surface area contributed by atoms with E-state index in [1.165, 1.54) is 6.92 Å². The van der Waals surface area contributed by atoms with Crippen molar-refractivity contribution in [3.8, 4) is 0 Å². The zero-order chi connectivity index (χ0) is 26.3. The van der Waals surface area contributed by atoms with Crippen LogP contribution in [0.1, 0.15) is 25.3 Å². The van der Waals surface area contributed by atoms with Crippen LogP contribution < -0.4 is 22.5 Å². The maximum absolute atomic E-state index is 11.6. The molecule has 0 saturated carbocycles. The van der Waals surface area contributed by atoms with Gasteiger partial charge in [0.25, 0.3) is 0 Å². The van der Waals surface area contributed by atoms with E-state index in [4.69, 9.17) is 37.6 Å². The van der Waals surface area contributed by atoms with Crippen molar-refractivity contribution in [3.05, 3.63) is 35.9 Å². The van der Waals surface area contributed by atoms with E-state index in [0.29, 0.717) is 0 Å². The van der Waals surface area contributed by atoms with Crippen molar-refractivity contribution in [2.24, 2.45) is 17.2 Å². The molecule has 1 fully saturated rings. The third-order valence-corrected chi connectivity index (χ3v) is 4.47. The van der Waals surface area contributed by atoms with Gasteiger partial charge in [0, 0.05) is 0 Å². The van der Waals surface area contributed by atoms with Gasteiger partial charge in [-0.05, 0) is 38.3 Å². The Morgan fingerprint density at radius 3 is 2.00 bits per heavy atom. The van der Waals surface area contributed by atoms with Crippen molar-refractivity contribution in [2.75, 3.05) is 13.2 Å². The SMILES string of the molecule is C[C@@H](O)[C@H](N)C(=O)OC(=O)[C@@H](N)Cc1ccccc1.N[C@@H](CO)C(=O)O.O=C(O)[C@@H]1CCCN1. The number of aliphatic hydroxyl groups excluding tert-OH is 2. The maximum atomic E-state index is 11.6. The van der Waals surface area contributed by atoms with Gasteiger partial charge in [-0.3, -0.25) is 9.59 Å². The number of esters is 2. The van der Waals surface area contributed by atoms with Gasteiger partial charge in [0.15, 0.2) is 0 Å². The van der Waals surface area contributed by atoms with E-state index < -0.39 is 54.7 Å². The van der Waals surface area contributed by atoms with Gasteiger partial charge in [0.1, 0.15) is 24.2 Å². The Labute approximate surface area is 196 Å². The fourth-order valence-electron chi connectivity index (χ4n) is 2.36. The number of benzene rings is 1. The maximum Gasteiger partial charge on any atom is 0.333 e. The van der Waals surface area contributed by atoms with E-state index in [1.54, 1.807) is 0 Å². The van der Waals surface area contributed by atoms with Gasteiger partial charge < -0.3 is 47.7 Å². The minimum absolute atomic E-state index is 0.261. The summed E-state index contributed by atoms with van der Waals surface area (Å²) in [4.78, 5) is 42.7. The average molecular weight is 487 g/mol. The number of rotatable bonds is 8. The zero-order valence-corrected chi connectivity index (χ0v) is 18.9. The quantitative estimate of drug-likeness (QED) is 0.140. The normalized spacial score (nSPS) is 18.0. The molecule has 13 heteroatoms. The number of carboxylic acids is 2. The number of hydrogen-bond donors (Lipinski definition) is 8. The largest absolute Gasteiger partial charge is 0.480 e.